The van der Waals surface area contributed by atoms with Gasteiger partial charge in [-0.3, -0.25) is 0 Å². The lowest BCUT2D eigenvalue weighted by molar-refractivity contribution is 0.412. The molecule has 2 rings (SSSR count). The summed E-state index contributed by atoms with van der Waals surface area (Å²) in [6, 6.07) is 17.7. The molecule has 2 nitrogen and oxygen atoms in total. The quantitative estimate of drug-likeness (QED) is 0.832. The Bertz CT molecular complexity index is 562. The van der Waals surface area contributed by atoms with Gasteiger partial charge in [-0.25, -0.2) is 0 Å². The van der Waals surface area contributed by atoms with Gasteiger partial charge < -0.3 is 10.1 Å². The number of hydrogen-bond acceptors (Lipinski definition) is 2. The van der Waals surface area contributed by atoms with Crippen LogP contribution in [0.2, 0.25) is 0 Å². The van der Waals surface area contributed by atoms with Crippen LogP contribution in [0.3, 0.4) is 0 Å². The average molecular weight is 283 g/mol. The Balaban J connectivity index is 2.04. The third kappa shape index (κ3) is 4.08. The standard InChI is InChI=1S/C19H25NO/c1-5-16-9-11-17(12-10-16)14(2)20-15(3)18-7-6-8-19(13-18)21-4/h6-15,20H,5H2,1-4H3/t14-,15-/m1/s1. The van der Waals surface area contributed by atoms with E-state index in [-0.39, 0.29) is 6.04 Å². The van der Waals surface area contributed by atoms with Crippen molar-refractivity contribution in [2.75, 3.05) is 7.11 Å². The van der Waals surface area contributed by atoms with Crippen LogP contribution in [0, 0.1) is 0 Å². The second-order valence-electron chi connectivity index (χ2n) is 5.48. The number of methoxy groups -OCH3 is 1. The highest BCUT2D eigenvalue weighted by atomic mass is 16.5. The number of rotatable bonds is 6. The lowest BCUT2D eigenvalue weighted by Gasteiger charge is -2.21. The van der Waals surface area contributed by atoms with Gasteiger partial charge in [0.1, 0.15) is 5.75 Å². The van der Waals surface area contributed by atoms with Gasteiger partial charge in [0.2, 0.25) is 0 Å². The van der Waals surface area contributed by atoms with Crippen LogP contribution in [-0.4, -0.2) is 7.11 Å². The molecule has 0 aliphatic heterocycles. The Hall–Kier alpha value is -1.80. The number of aryl methyl sites for hydroxylation is 1. The van der Waals surface area contributed by atoms with E-state index >= 15 is 0 Å². The maximum absolute atomic E-state index is 5.29. The molecule has 2 aromatic rings. The summed E-state index contributed by atoms with van der Waals surface area (Å²) in [4.78, 5) is 0. The van der Waals surface area contributed by atoms with Crippen molar-refractivity contribution in [2.24, 2.45) is 0 Å². The summed E-state index contributed by atoms with van der Waals surface area (Å²) in [5.41, 5.74) is 3.94. The summed E-state index contributed by atoms with van der Waals surface area (Å²) in [5, 5.41) is 3.65. The molecule has 0 aliphatic carbocycles. The van der Waals surface area contributed by atoms with Crippen LogP contribution in [0.25, 0.3) is 0 Å². The second-order valence-corrected chi connectivity index (χ2v) is 5.48. The van der Waals surface area contributed by atoms with Crippen molar-refractivity contribution in [1.29, 1.82) is 0 Å². The molecular formula is C19H25NO. The molecule has 0 radical (unpaired) electrons. The number of ether oxygens (including phenoxy) is 1. The first-order valence-corrected chi connectivity index (χ1v) is 7.63. The largest absolute Gasteiger partial charge is 0.497 e. The molecule has 0 aromatic heterocycles. The monoisotopic (exact) mass is 283 g/mol. The van der Waals surface area contributed by atoms with E-state index in [4.69, 9.17) is 4.74 Å². The smallest absolute Gasteiger partial charge is 0.119 e. The highest BCUT2D eigenvalue weighted by Crippen LogP contribution is 2.22. The van der Waals surface area contributed by atoms with E-state index in [1.54, 1.807) is 7.11 Å². The lowest BCUT2D eigenvalue weighted by atomic mass is 10.0. The Morgan fingerprint density at radius 1 is 0.952 bits per heavy atom. The Labute approximate surface area is 128 Å². The molecular weight excluding hydrogens is 258 g/mol. The zero-order valence-electron chi connectivity index (χ0n) is 13.4. The summed E-state index contributed by atoms with van der Waals surface area (Å²) in [5.74, 6) is 0.904. The van der Waals surface area contributed by atoms with Gasteiger partial charge in [0.25, 0.3) is 0 Å². The molecule has 0 saturated heterocycles. The van der Waals surface area contributed by atoms with E-state index in [1.807, 2.05) is 12.1 Å². The molecule has 0 unspecified atom stereocenters. The zero-order chi connectivity index (χ0) is 15.2. The summed E-state index contributed by atoms with van der Waals surface area (Å²) in [6.07, 6.45) is 1.09. The molecule has 0 amide bonds. The summed E-state index contributed by atoms with van der Waals surface area (Å²) in [7, 11) is 1.70. The van der Waals surface area contributed by atoms with Crippen LogP contribution in [0.15, 0.2) is 48.5 Å². The van der Waals surface area contributed by atoms with E-state index in [0.29, 0.717) is 6.04 Å². The van der Waals surface area contributed by atoms with Crippen LogP contribution in [0.5, 0.6) is 5.75 Å². The topological polar surface area (TPSA) is 21.3 Å². The first-order chi connectivity index (χ1) is 10.1. The van der Waals surface area contributed by atoms with Crippen molar-refractivity contribution in [3.05, 3.63) is 65.2 Å². The van der Waals surface area contributed by atoms with Crippen LogP contribution < -0.4 is 10.1 Å². The number of hydrogen-bond donors (Lipinski definition) is 1. The van der Waals surface area contributed by atoms with Crippen LogP contribution >= 0.6 is 0 Å². The van der Waals surface area contributed by atoms with E-state index in [2.05, 4.69) is 62.5 Å². The predicted octanol–water partition coefficient (Wildman–Crippen LogP) is 4.67. The van der Waals surface area contributed by atoms with E-state index in [0.717, 1.165) is 12.2 Å². The molecule has 1 N–H and O–H groups in total. The summed E-state index contributed by atoms with van der Waals surface area (Å²) < 4.78 is 5.29. The van der Waals surface area contributed by atoms with Gasteiger partial charge in [0.05, 0.1) is 7.11 Å². The minimum absolute atomic E-state index is 0.279. The molecule has 0 aliphatic rings. The van der Waals surface area contributed by atoms with Crippen molar-refractivity contribution < 1.29 is 4.74 Å². The van der Waals surface area contributed by atoms with Crippen molar-refractivity contribution in [3.8, 4) is 5.75 Å². The molecule has 2 heteroatoms. The van der Waals surface area contributed by atoms with E-state index in [1.165, 1.54) is 16.7 Å². The third-order valence-corrected chi connectivity index (χ3v) is 3.98. The minimum Gasteiger partial charge on any atom is -0.497 e. The van der Waals surface area contributed by atoms with Gasteiger partial charge in [0, 0.05) is 12.1 Å². The van der Waals surface area contributed by atoms with Crippen LogP contribution in [0.1, 0.15) is 49.5 Å². The SMILES string of the molecule is CCc1ccc([C@@H](C)N[C@H](C)c2cccc(OC)c2)cc1. The molecule has 0 heterocycles. The molecule has 2 atom stereocenters. The van der Waals surface area contributed by atoms with E-state index < -0.39 is 0 Å². The van der Waals surface area contributed by atoms with Gasteiger partial charge in [-0.2, -0.15) is 0 Å². The van der Waals surface area contributed by atoms with Gasteiger partial charge in [-0.05, 0) is 49.1 Å². The minimum atomic E-state index is 0.279. The maximum atomic E-state index is 5.29. The first kappa shape index (κ1) is 15.6. The third-order valence-electron chi connectivity index (χ3n) is 3.98. The fraction of sp³-hybridized carbons (Fsp3) is 0.368. The summed E-state index contributed by atoms with van der Waals surface area (Å²) in [6.45, 7) is 6.57. The first-order valence-electron chi connectivity index (χ1n) is 7.63. The molecule has 0 spiro atoms. The lowest BCUT2D eigenvalue weighted by Crippen LogP contribution is -2.22. The normalized spacial score (nSPS) is 13.7. The van der Waals surface area contributed by atoms with Crippen molar-refractivity contribution in [1.82, 2.24) is 5.32 Å². The Kier molecular flexibility index (Phi) is 5.40. The summed E-state index contributed by atoms with van der Waals surface area (Å²) >= 11 is 0. The zero-order valence-corrected chi connectivity index (χ0v) is 13.4. The van der Waals surface area contributed by atoms with E-state index in [9.17, 15) is 0 Å². The van der Waals surface area contributed by atoms with Crippen molar-refractivity contribution in [2.45, 2.75) is 39.3 Å². The van der Waals surface area contributed by atoms with Gasteiger partial charge in [-0.15, -0.1) is 0 Å². The second kappa shape index (κ2) is 7.28. The highest BCUT2D eigenvalue weighted by molar-refractivity contribution is 5.31. The van der Waals surface area contributed by atoms with Gasteiger partial charge >= 0.3 is 0 Å². The van der Waals surface area contributed by atoms with Crippen molar-refractivity contribution in [3.63, 3.8) is 0 Å². The molecule has 0 bridgehead atoms. The van der Waals surface area contributed by atoms with Crippen LogP contribution in [0.4, 0.5) is 0 Å². The Morgan fingerprint density at radius 2 is 1.62 bits per heavy atom. The Morgan fingerprint density at radius 3 is 2.24 bits per heavy atom. The predicted molar refractivity (Wildman–Crippen MR) is 88.8 cm³/mol. The number of benzene rings is 2. The number of nitrogens with one attached hydrogen (secondary N) is 1. The molecule has 0 saturated carbocycles. The van der Waals surface area contributed by atoms with Gasteiger partial charge in [0.15, 0.2) is 0 Å². The van der Waals surface area contributed by atoms with Crippen LogP contribution in [-0.2, 0) is 6.42 Å². The average Bonchev–Trinajstić information content (AvgIpc) is 2.54. The highest BCUT2D eigenvalue weighted by Gasteiger charge is 2.11. The molecule has 21 heavy (non-hydrogen) atoms. The van der Waals surface area contributed by atoms with Crippen molar-refractivity contribution >= 4 is 0 Å². The molecule has 0 fully saturated rings. The molecule has 112 valence electrons. The molecule has 2 aromatic carbocycles. The van der Waals surface area contributed by atoms with Gasteiger partial charge in [-0.1, -0.05) is 43.3 Å². The maximum Gasteiger partial charge on any atom is 0.119 e. The fourth-order valence-electron chi connectivity index (χ4n) is 2.52. The fourth-order valence-corrected chi connectivity index (χ4v) is 2.52.